The lowest BCUT2D eigenvalue weighted by atomic mass is 10.4. The molecular weight excluding hydrogens is 132 g/mol. The van der Waals surface area contributed by atoms with Crippen LogP contribution in [0.15, 0.2) is 17.2 Å². The van der Waals surface area contributed by atoms with Crippen molar-refractivity contribution < 1.29 is 0 Å². The van der Waals surface area contributed by atoms with Gasteiger partial charge in [-0.1, -0.05) is 0 Å². The maximum atomic E-state index is 4.95. The average Bonchev–Trinajstić information content (AvgIpc) is 2.17. The Bertz CT molecular complexity index is 215. The largest absolute Gasteiger partial charge is 0.323 e. The third-order valence-corrected chi connectivity index (χ3v) is 1.90. The van der Waals surface area contributed by atoms with Gasteiger partial charge in [-0.25, -0.2) is 0 Å². The molecule has 0 bridgehead atoms. The fourth-order valence-electron chi connectivity index (χ4n) is 0.596. The van der Waals surface area contributed by atoms with Gasteiger partial charge in [-0.05, 0) is 19.1 Å². The molecule has 1 rings (SSSR count). The highest BCUT2D eigenvalue weighted by Crippen LogP contribution is 2.11. The minimum Gasteiger partial charge on any atom is -0.323 e. The summed E-state index contributed by atoms with van der Waals surface area (Å²) in [6.07, 6.45) is 1.65. The molecule has 1 aromatic heterocycles. The van der Waals surface area contributed by atoms with E-state index in [1.165, 1.54) is 4.88 Å². The van der Waals surface area contributed by atoms with E-state index in [0.29, 0.717) is 0 Å². The third-order valence-electron chi connectivity index (χ3n) is 0.963. The number of aryl methyl sites for hydroxylation is 1. The number of hydrogen-bond donors (Lipinski definition) is 1. The predicted molar refractivity (Wildman–Crippen MR) is 40.8 cm³/mol. The molecule has 2 N–H and O–H groups in total. The van der Waals surface area contributed by atoms with Gasteiger partial charge in [-0.15, -0.1) is 11.3 Å². The number of rotatable bonds is 1. The van der Waals surface area contributed by atoms with Gasteiger partial charge in [0.05, 0.1) is 6.21 Å². The summed E-state index contributed by atoms with van der Waals surface area (Å²) in [5.74, 6) is 4.95. The van der Waals surface area contributed by atoms with Gasteiger partial charge in [0.2, 0.25) is 0 Å². The minimum atomic E-state index is 1.11. The third kappa shape index (κ3) is 1.54. The van der Waals surface area contributed by atoms with E-state index in [1.54, 1.807) is 17.6 Å². The molecule has 0 aliphatic carbocycles. The molecule has 48 valence electrons. The first-order valence-corrected chi connectivity index (χ1v) is 3.44. The van der Waals surface area contributed by atoms with Crippen LogP contribution in [0.1, 0.15) is 9.75 Å². The number of hydrogen-bond acceptors (Lipinski definition) is 3. The second kappa shape index (κ2) is 2.64. The van der Waals surface area contributed by atoms with E-state index in [2.05, 4.69) is 12.0 Å². The maximum Gasteiger partial charge on any atom is 0.0637 e. The predicted octanol–water partition coefficient (Wildman–Crippen LogP) is 1.35. The molecule has 1 aromatic rings. The molecule has 0 saturated heterocycles. The van der Waals surface area contributed by atoms with Gasteiger partial charge < -0.3 is 5.84 Å². The Hall–Kier alpha value is -0.830. The summed E-state index contributed by atoms with van der Waals surface area (Å²) >= 11 is 1.68. The minimum absolute atomic E-state index is 1.11. The van der Waals surface area contributed by atoms with Crippen molar-refractivity contribution in [2.45, 2.75) is 6.92 Å². The van der Waals surface area contributed by atoms with Gasteiger partial charge in [0.1, 0.15) is 0 Å². The van der Waals surface area contributed by atoms with E-state index in [-0.39, 0.29) is 0 Å². The molecule has 9 heavy (non-hydrogen) atoms. The van der Waals surface area contributed by atoms with Crippen LogP contribution in [0, 0.1) is 6.92 Å². The zero-order chi connectivity index (χ0) is 6.69. The van der Waals surface area contributed by atoms with Crippen molar-refractivity contribution in [2.75, 3.05) is 0 Å². The highest BCUT2D eigenvalue weighted by atomic mass is 32.1. The lowest BCUT2D eigenvalue weighted by Gasteiger charge is -1.76. The standard InChI is InChI=1S/C6H8N2S/c1-5-2-3-6(9-5)4-8-7/h2-4H,7H2,1H3/b8-4+. The van der Waals surface area contributed by atoms with Gasteiger partial charge in [-0.3, -0.25) is 0 Å². The Morgan fingerprint density at radius 3 is 2.89 bits per heavy atom. The number of hydrazone groups is 1. The van der Waals surface area contributed by atoms with Crippen LogP contribution < -0.4 is 5.84 Å². The van der Waals surface area contributed by atoms with Gasteiger partial charge >= 0.3 is 0 Å². The molecule has 3 heteroatoms. The molecule has 0 aliphatic heterocycles. The monoisotopic (exact) mass is 140 g/mol. The fourth-order valence-corrected chi connectivity index (χ4v) is 1.35. The lowest BCUT2D eigenvalue weighted by molar-refractivity contribution is 1.27. The number of nitrogens with zero attached hydrogens (tertiary/aromatic N) is 1. The Morgan fingerprint density at radius 2 is 2.44 bits per heavy atom. The summed E-state index contributed by atoms with van der Waals surface area (Å²) in [7, 11) is 0. The molecule has 2 nitrogen and oxygen atoms in total. The summed E-state index contributed by atoms with van der Waals surface area (Å²) in [6, 6.07) is 4.04. The molecule has 0 atom stereocenters. The highest BCUT2D eigenvalue weighted by Gasteiger charge is 1.89. The van der Waals surface area contributed by atoms with E-state index in [4.69, 9.17) is 5.84 Å². The van der Waals surface area contributed by atoms with Gasteiger partial charge in [-0.2, -0.15) is 5.10 Å². The normalized spacial score (nSPS) is 10.8. The van der Waals surface area contributed by atoms with Crippen molar-refractivity contribution in [3.63, 3.8) is 0 Å². The molecular formula is C6H8N2S. The van der Waals surface area contributed by atoms with Crippen molar-refractivity contribution in [3.8, 4) is 0 Å². The van der Waals surface area contributed by atoms with Gasteiger partial charge in [0.15, 0.2) is 0 Å². The molecule has 0 saturated carbocycles. The van der Waals surface area contributed by atoms with Crippen molar-refractivity contribution in [1.82, 2.24) is 0 Å². The van der Waals surface area contributed by atoms with Gasteiger partial charge in [0.25, 0.3) is 0 Å². The summed E-state index contributed by atoms with van der Waals surface area (Å²) in [6.45, 7) is 2.05. The van der Waals surface area contributed by atoms with E-state index in [9.17, 15) is 0 Å². The average molecular weight is 140 g/mol. The van der Waals surface area contributed by atoms with Crippen molar-refractivity contribution in [1.29, 1.82) is 0 Å². The van der Waals surface area contributed by atoms with Crippen LogP contribution >= 0.6 is 11.3 Å². The molecule has 1 heterocycles. The number of nitrogens with two attached hydrogens (primary N) is 1. The second-order valence-electron chi connectivity index (χ2n) is 1.73. The smallest absolute Gasteiger partial charge is 0.0637 e. The Balaban J connectivity index is 2.85. The van der Waals surface area contributed by atoms with Crippen LogP contribution in [-0.4, -0.2) is 6.21 Å². The first kappa shape index (κ1) is 6.29. The Kier molecular flexibility index (Phi) is 1.85. The van der Waals surface area contributed by atoms with Crippen LogP contribution in [0.5, 0.6) is 0 Å². The van der Waals surface area contributed by atoms with Crippen molar-refractivity contribution >= 4 is 17.6 Å². The zero-order valence-corrected chi connectivity index (χ0v) is 5.98. The fraction of sp³-hybridized carbons (Fsp3) is 0.167. The zero-order valence-electron chi connectivity index (χ0n) is 5.16. The summed E-state index contributed by atoms with van der Waals surface area (Å²) < 4.78 is 0. The topological polar surface area (TPSA) is 38.4 Å². The molecule has 0 aromatic carbocycles. The molecule has 0 spiro atoms. The molecule has 0 aliphatic rings. The van der Waals surface area contributed by atoms with Gasteiger partial charge in [0, 0.05) is 9.75 Å². The van der Waals surface area contributed by atoms with E-state index >= 15 is 0 Å². The maximum absolute atomic E-state index is 4.95. The van der Waals surface area contributed by atoms with E-state index in [1.807, 2.05) is 12.1 Å². The molecule has 0 amide bonds. The van der Waals surface area contributed by atoms with E-state index in [0.717, 1.165) is 4.88 Å². The molecule has 0 unspecified atom stereocenters. The van der Waals surface area contributed by atoms with Crippen LogP contribution in [0.2, 0.25) is 0 Å². The Labute approximate surface area is 58.0 Å². The molecule has 0 fully saturated rings. The summed E-state index contributed by atoms with van der Waals surface area (Å²) in [5, 5.41) is 3.40. The van der Waals surface area contributed by atoms with Crippen molar-refractivity contribution in [3.05, 3.63) is 21.9 Å². The highest BCUT2D eigenvalue weighted by molar-refractivity contribution is 7.13. The first-order chi connectivity index (χ1) is 4.33. The van der Waals surface area contributed by atoms with Crippen LogP contribution in [-0.2, 0) is 0 Å². The SMILES string of the molecule is Cc1ccc(/C=N/N)s1. The Morgan fingerprint density at radius 1 is 1.67 bits per heavy atom. The van der Waals surface area contributed by atoms with Crippen molar-refractivity contribution in [2.24, 2.45) is 10.9 Å². The van der Waals surface area contributed by atoms with E-state index < -0.39 is 0 Å². The molecule has 0 radical (unpaired) electrons. The number of thiophene rings is 1. The van der Waals surface area contributed by atoms with Crippen LogP contribution in [0.3, 0.4) is 0 Å². The quantitative estimate of drug-likeness (QED) is 0.357. The summed E-state index contributed by atoms with van der Waals surface area (Å²) in [5.41, 5.74) is 0. The lowest BCUT2D eigenvalue weighted by Crippen LogP contribution is -1.80. The van der Waals surface area contributed by atoms with Crippen LogP contribution in [0.25, 0.3) is 0 Å². The second-order valence-corrected chi connectivity index (χ2v) is 3.05. The van der Waals surface area contributed by atoms with Crippen LogP contribution in [0.4, 0.5) is 0 Å². The first-order valence-electron chi connectivity index (χ1n) is 2.62. The summed E-state index contributed by atoms with van der Waals surface area (Å²) in [4.78, 5) is 2.39.